The monoisotopic (exact) mass is 532 g/mol. The Labute approximate surface area is 217 Å². The largest absolute Gasteiger partial charge is 0.299 e. The van der Waals surface area contributed by atoms with Crippen molar-refractivity contribution in [3.05, 3.63) is 108 Å². The van der Waals surface area contributed by atoms with Crippen LogP contribution in [0.5, 0.6) is 0 Å². The summed E-state index contributed by atoms with van der Waals surface area (Å²) in [5, 5.41) is 13.1. The quantitative estimate of drug-likeness (QED) is 0.292. The van der Waals surface area contributed by atoms with Gasteiger partial charge in [-0.15, -0.1) is 10.2 Å². The Morgan fingerprint density at radius 1 is 0.865 bits per heavy atom. The average molecular weight is 533 g/mol. The van der Waals surface area contributed by atoms with Gasteiger partial charge in [0.2, 0.25) is 21.1 Å². The van der Waals surface area contributed by atoms with Crippen LogP contribution in [0.2, 0.25) is 0 Å². The first kappa shape index (κ1) is 24.7. The van der Waals surface area contributed by atoms with Gasteiger partial charge in [-0.25, -0.2) is 12.8 Å². The minimum atomic E-state index is -4.03. The molecule has 10 heteroatoms. The van der Waals surface area contributed by atoms with Crippen molar-refractivity contribution < 1.29 is 17.6 Å². The van der Waals surface area contributed by atoms with Crippen LogP contribution in [-0.2, 0) is 21.2 Å². The third kappa shape index (κ3) is 5.88. The number of anilines is 1. The Kier molecular flexibility index (Phi) is 7.04. The van der Waals surface area contributed by atoms with Crippen molar-refractivity contribution in [1.29, 1.82) is 0 Å². The van der Waals surface area contributed by atoms with Gasteiger partial charge in [0, 0.05) is 5.56 Å². The first-order valence-electron chi connectivity index (χ1n) is 11.3. The number of carbonyl (C=O) groups is 1. The lowest BCUT2D eigenvalue weighted by molar-refractivity contribution is -0.117. The molecule has 5 rings (SSSR count). The summed E-state index contributed by atoms with van der Waals surface area (Å²) >= 11 is 1.11. The van der Waals surface area contributed by atoms with Gasteiger partial charge >= 0.3 is 0 Å². The van der Waals surface area contributed by atoms with E-state index in [1.807, 2.05) is 54.6 Å². The molecule has 37 heavy (non-hydrogen) atoms. The molecule has 0 saturated carbocycles. The molecule has 4 aromatic carbocycles. The maximum atomic E-state index is 13.3. The molecule has 0 spiro atoms. The van der Waals surface area contributed by atoms with Gasteiger partial charge in [0.25, 0.3) is 0 Å². The number of fused-ring (bicyclic) bond motifs is 1. The molecular formula is C27H21FN4O3S2. The van der Waals surface area contributed by atoms with Crippen molar-refractivity contribution in [2.45, 2.75) is 17.4 Å². The molecule has 1 aromatic heterocycles. The molecule has 0 saturated heterocycles. The van der Waals surface area contributed by atoms with Crippen LogP contribution in [0, 0.1) is 5.82 Å². The Balaban J connectivity index is 1.39. The Morgan fingerprint density at radius 3 is 2.32 bits per heavy atom. The number of carbonyl (C=O) groups excluding carboxylic acids is 1. The molecule has 186 valence electrons. The van der Waals surface area contributed by atoms with Crippen molar-refractivity contribution in [2.24, 2.45) is 0 Å². The fourth-order valence-corrected chi connectivity index (χ4v) is 5.79. The number of rotatable bonds is 8. The second-order valence-corrected chi connectivity index (χ2v) is 11.0. The summed E-state index contributed by atoms with van der Waals surface area (Å²) < 4.78 is 42.4. The molecule has 0 aliphatic heterocycles. The summed E-state index contributed by atoms with van der Waals surface area (Å²) in [6, 6.07) is 26.0. The topological polar surface area (TPSA) is 101 Å². The summed E-state index contributed by atoms with van der Waals surface area (Å²) in [7, 11) is -4.03. The van der Waals surface area contributed by atoms with Crippen LogP contribution in [0.15, 0.2) is 102 Å². The van der Waals surface area contributed by atoms with E-state index in [-0.39, 0.29) is 22.3 Å². The Morgan fingerprint density at radius 2 is 1.57 bits per heavy atom. The van der Waals surface area contributed by atoms with Crippen molar-refractivity contribution >= 4 is 43.2 Å². The summed E-state index contributed by atoms with van der Waals surface area (Å²) in [4.78, 5) is 13.3. The van der Waals surface area contributed by atoms with Crippen molar-refractivity contribution in [3.63, 3.8) is 0 Å². The molecule has 0 fully saturated rings. The molecule has 0 aliphatic rings. The number of benzene rings is 4. The van der Waals surface area contributed by atoms with Crippen LogP contribution in [0.4, 0.5) is 9.52 Å². The Bertz CT molecular complexity index is 1660. The lowest BCUT2D eigenvalue weighted by atomic mass is 10.1. The number of hydrogen-bond donors (Lipinski definition) is 2. The van der Waals surface area contributed by atoms with E-state index in [4.69, 9.17) is 0 Å². The average Bonchev–Trinajstić information content (AvgIpc) is 3.37. The van der Waals surface area contributed by atoms with E-state index in [1.165, 1.54) is 18.2 Å². The maximum Gasteiger partial charge on any atom is 0.244 e. The lowest BCUT2D eigenvalue weighted by Gasteiger charge is -2.18. The fourth-order valence-electron chi connectivity index (χ4n) is 3.80. The third-order valence-electron chi connectivity index (χ3n) is 5.67. The zero-order valence-corrected chi connectivity index (χ0v) is 21.0. The van der Waals surface area contributed by atoms with Gasteiger partial charge < -0.3 is 0 Å². The number of amides is 1. The predicted octanol–water partition coefficient (Wildman–Crippen LogP) is 5.03. The maximum absolute atomic E-state index is 13.3. The van der Waals surface area contributed by atoms with Crippen LogP contribution in [0.25, 0.3) is 21.3 Å². The molecule has 0 bridgehead atoms. The number of nitrogens with one attached hydrogen (secondary N) is 2. The third-order valence-corrected chi connectivity index (χ3v) is 8.03. The highest BCUT2D eigenvalue weighted by Gasteiger charge is 2.27. The van der Waals surface area contributed by atoms with Crippen LogP contribution in [0.3, 0.4) is 0 Å². The molecule has 0 aliphatic carbocycles. The summed E-state index contributed by atoms with van der Waals surface area (Å²) in [6.07, 6.45) is 0.128. The van der Waals surface area contributed by atoms with Crippen LogP contribution < -0.4 is 10.0 Å². The molecule has 1 unspecified atom stereocenters. The zero-order chi connectivity index (χ0) is 25.8. The normalized spacial score (nSPS) is 12.4. The van der Waals surface area contributed by atoms with Crippen LogP contribution >= 0.6 is 11.3 Å². The molecule has 1 heterocycles. The van der Waals surface area contributed by atoms with E-state index in [9.17, 15) is 17.6 Å². The van der Waals surface area contributed by atoms with Crippen LogP contribution in [0.1, 0.15) is 5.56 Å². The molecule has 7 nitrogen and oxygen atoms in total. The smallest absolute Gasteiger partial charge is 0.244 e. The summed E-state index contributed by atoms with van der Waals surface area (Å²) in [5.74, 6) is -0.945. The van der Waals surface area contributed by atoms with E-state index < -0.39 is 22.0 Å². The molecule has 1 atom stereocenters. The second-order valence-electron chi connectivity index (χ2n) is 8.28. The van der Waals surface area contributed by atoms with Gasteiger partial charge in [-0.2, -0.15) is 4.72 Å². The lowest BCUT2D eigenvalue weighted by Crippen LogP contribution is -2.45. The van der Waals surface area contributed by atoms with Gasteiger partial charge in [-0.1, -0.05) is 72.0 Å². The number of sulfonamides is 1. The molecule has 5 aromatic rings. The van der Waals surface area contributed by atoms with Gasteiger partial charge in [0.05, 0.1) is 4.90 Å². The highest BCUT2D eigenvalue weighted by molar-refractivity contribution is 7.89. The minimum absolute atomic E-state index is 0.0616. The number of hydrogen-bond acceptors (Lipinski definition) is 6. The van der Waals surface area contributed by atoms with E-state index in [1.54, 1.807) is 24.3 Å². The highest BCUT2D eigenvalue weighted by Crippen LogP contribution is 2.27. The standard InChI is InChI=1S/C27H21FN4O3S2/c28-22-13-10-20(11-14-22)26-30-31-27(36-26)29-25(33)24(16-18-6-2-1-3-7-18)32-37(34,35)23-15-12-19-8-4-5-9-21(19)17-23/h1-15,17,24,32H,16H2,(H,29,31,33). The van der Waals surface area contributed by atoms with Gasteiger partial charge in [0.15, 0.2) is 0 Å². The van der Waals surface area contributed by atoms with Crippen molar-refractivity contribution in [2.75, 3.05) is 5.32 Å². The SMILES string of the molecule is O=C(Nc1nnc(-c2ccc(F)cc2)s1)C(Cc1ccccc1)NS(=O)(=O)c1ccc2ccccc2c1. The minimum Gasteiger partial charge on any atom is -0.299 e. The number of halogens is 1. The molecular weight excluding hydrogens is 511 g/mol. The molecule has 1 amide bonds. The van der Waals surface area contributed by atoms with Crippen molar-refractivity contribution in [3.8, 4) is 10.6 Å². The van der Waals surface area contributed by atoms with Gasteiger partial charge in [-0.05, 0) is 59.2 Å². The molecule has 2 N–H and O–H groups in total. The summed E-state index contributed by atoms with van der Waals surface area (Å²) in [5.41, 5.74) is 1.44. The van der Waals surface area contributed by atoms with Gasteiger partial charge in [0.1, 0.15) is 16.9 Å². The van der Waals surface area contributed by atoms with E-state index in [0.717, 1.165) is 27.7 Å². The first-order chi connectivity index (χ1) is 17.9. The number of nitrogens with zero attached hydrogens (tertiary/aromatic N) is 2. The fraction of sp³-hybridized carbons (Fsp3) is 0.0741. The predicted molar refractivity (Wildman–Crippen MR) is 142 cm³/mol. The van der Waals surface area contributed by atoms with Crippen molar-refractivity contribution in [1.82, 2.24) is 14.9 Å². The van der Waals surface area contributed by atoms with E-state index in [0.29, 0.717) is 10.6 Å². The first-order valence-corrected chi connectivity index (χ1v) is 13.6. The van der Waals surface area contributed by atoms with E-state index in [2.05, 4.69) is 20.2 Å². The highest BCUT2D eigenvalue weighted by atomic mass is 32.2. The number of aromatic nitrogens is 2. The summed E-state index contributed by atoms with van der Waals surface area (Å²) in [6.45, 7) is 0. The molecule has 0 radical (unpaired) electrons. The van der Waals surface area contributed by atoms with E-state index >= 15 is 0 Å². The second kappa shape index (κ2) is 10.6. The van der Waals surface area contributed by atoms with Gasteiger partial charge in [-0.3, -0.25) is 10.1 Å². The van der Waals surface area contributed by atoms with Crippen LogP contribution in [-0.4, -0.2) is 30.6 Å². The zero-order valence-electron chi connectivity index (χ0n) is 19.3. The Hall–Kier alpha value is -3.99.